The van der Waals surface area contributed by atoms with Gasteiger partial charge in [0, 0.05) is 17.5 Å². The van der Waals surface area contributed by atoms with Crippen molar-refractivity contribution in [1.29, 1.82) is 0 Å². The zero-order chi connectivity index (χ0) is 23.8. The van der Waals surface area contributed by atoms with Crippen LogP contribution in [0.3, 0.4) is 0 Å². The van der Waals surface area contributed by atoms with E-state index in [9.17, 15) is 15.3 Å². The summed E-state index contributed by atoms with van der Waals surface area (Å²) in [5.41, 5.74) is 7.22. The third-order valence-corrected chi connectivity index (χ3v) is 5.12. The molecule has 0 spiro atoms. The van der Waals surface area contributed by atoms with Gasteiger partial charge in [0.15, 0.2) is 5.82 Å². The van der Waals surface area contributed by atoms with E-state index in [2.05, 4.69) is 20.7 Å². The molecule has 0 bridgehead atoms. The Balaban J connectivity index is 1.90. The Morgan fingerprint density at radius 3 is 2.45 bits per heavy atom. The molecule has 0 amide bonds. The van der Waals surface area contributed by atoms with Crippen LogP contribution in [0, 0.1) is 6.92 Å². The van der Waals surface area contributed by atoms with E-state index in [4.69, 9.17) is 9.84 Å². The predicted octanol–water partition coefficient (Wildman–Crippen LogP) is 1.52. The highest BCUT2D eigenvalue weighted by Crippen LogP contribution is 2.27. The summed E-state index contributed by atoms with van der Waals surface area (Å²) < 4.78 is 5.47. The molecule has 9 heteroatoms. The lowest BCUT2D eigenvalue weighted by atomic mass is 10.0. The molecular formula is C24H28N4O5. The summed E-state index contributed by atoms with van der Waals surface area (Å²) in [6, 6.07) is 17.5. The SMILES string of the molecule is COc1ccccc1Cc1cc(-c2ccc(C)cc2)nnc1N/N=C/[C@@H](O)[C@H](O)[C@H](O)CO. The maximum atomic E-state index is 9.92. The smallest absolute Gasteiger partial charge is 0.172 e. The zero-order valence-electron chi connectivity index (χ0n) is 18.5. The van der Waals surface area contributed by atoms with Crippen LogP contribution in [0.5, 0.6) is 5.75 Å². The third-order valence-electron chi connectivity index (χ3n) is 5.12. The second-order valence-corrected chi connectivity index (χ2v) is 7.58. The van der Waals surface area contributed by atoms with Crippen molar-refractivity contribution < 1.29 is 25.2 Å². The highest BCUT2D eigenvalue weighted by Gasteiger charge is 2.22. The van der Waals surface area contributed by atoms with Crippen LogP contribution in [0.4, 0.5) is 5.82 Å². The lowest BCUT2D eigenvalue weighted by Crippen LogP contribution is -2.40. The summed E-state index contributed by atoms with van der Waals surface area (Å²) in [6.45, 7) is 1.33. The first-order chi connectivity index (χ1) is 15.9. The Kier molecular flexibility index (Phi) is 8.45. The van der Waals surface area contributed by atoms with E-state index in [1.54, 1.807) is 7.11 Å². The molecule has 3 rings (SSSR count). The van der Waals surface area contributed by atoms with Crippen LogP contribution < -0.4 is 10.2 Å². The van der Waals surface area contributed by atoms with Crippen LogP contribution in [0.1, 0.15) is 16.7 Å². The van der Waals surface area contributed by atoms with Gasteiger partial charge in [-0.1, -0.05) is 48.0 Å². The molecular weight excluding hydrogens is 424 g/mol. The summed E-state index contributed by atoms with van der Waals surface area (Å²) in [5.74, 6) is 1.09. The molecule has 2 aromatic carbocycles. The van der Waals surface area contributed by atoms with Gasteiger partial charge in [0.2, 0.25) is 0 Å². The molecule has 174 valence electrons. The third kappa shape index (κ3) is 6.33. The topological polar surface area (TPSA) is 140 Å². The average Bonchev–Trinajstić information content (AvgIpc) is 2.84. The molecule has 0 saturated carbocycles. The Hall–Kier alpha value is -3.37. The minimum Gasteiger partial charge on any atom is -0.496 e. The Bertz CT molecular complexity index is 1070. The van der Waals surface area contributed by atoms with Gasteiger partial charge in [-0.3, -0.25) is 5.43 Å². The van der Waals surface area contributed by atoms with E-state index in [1.165, 1.54) is 0 Å². The van der Waals surface area contributed by atoms with Gasteiger partial charge in [0.05, 0.1) is 25.6 Å². The molecule has 5 N–H and O–H groups in total. The highest BCUT2D eigenvalue weighted by atomic mass is 16.5. The van der Waals surface area contributed by atoms with Gasteiger partial charge in [-0.15, -0.1) is 10.2 Å². The van der Waals surface area contributed by atoms with Gasteiger partial charge < -0.3 is 25.2 Å². The molecule has 1 aromatic heterocycles. The van der Waals surface area contributed by atoms with E-state index in [1.807, 2.05) is 61.5 Å². The van der Waals surface area contributed by atoms with Crippen molar-refractivity contribution in [2.75, 3.05) is 19.1 Å². The molecule has 0 fully saturated rings. The molecule has 0 aliphatic heterocycles. The Morgan fingerprint density at radius 2 is 1.76 bits per heavy atom. The van der Waals surface area contributed by atoms with Crippen molar-refractivity contribution in [2.24, 2.45) is 5.10 Å². The number of nitrogens with zero attached hydrogens (tertiary/aromatic N) is 3. The number of para-hydroxylation sites is 1. The number of nitrogens with one attached hydrogen (secondary N) is 1. The fourth-order valence-electron chi connectivity index (χ4n) is 3.18. The first kappa shape index (κ1) is 24.3. The fourth-order valence-corrected chi connectivity index (χ4v) is 3.18. The van der Waals surface area contributed by atoms with Crippen LogP contribution in [-0.4, -0.2) is 68.9 Å². The summed E-state index contributed by atoms with van der Waals surface area (Å²) in [4.78, 5) is 0. The molecule has 0 aliphatic rings. The Morgan fingerprint density at radius 1 is 1.03 bits per heavy atom. The quantitative estimate of drug-likeness (QED) is 0.230. The fraction of sp³-hybridized carbons (Fsp3) is 0.292. The lowest BCUT2D eigenvalue weighted by Gasteiger charge is -2.18. The van der Waals surface area contributed by atoms with Crippen LogP contribution in [-0.2, 0) is 6.42 Å². The maximum absolute atomic E-state index is 9.92. The van der Waals surface area contributed by atoms with Gasteiger partial charge in [-0.05, 0) is 24.6 Å². The number of hydrogen-bond acceptors (Lipinski definition) is 9. The summed E-state index contributed by atoms with van der Waals surface area (Å²) >= 11 is 0. The van der Waals surface area contributed by atoms with Gasteiger partial charge >= 0.3 is 0 Å². The van der Waals surface area contributed by atoms with Gasteiger partial charge in [0.1, 0.15) is 24.1 Å². The van der Waals surface area contributed by atoms with Crippen LogP contribution >= 0.6 is 0 Å². The second-order valence-electron chi connectivity index (χ2n) is 7.58. The lowest BCUT2D eigenvalue weighted by molar-refractivity contribution is -0.0541. The predicted molar refractivity (Wildman–Crippen MR) is 125 cm³/mol. The van der Waals surface area contributed by atoms with Gasteiger partial charge in [0.25, 0.3) is 0 Å². The van der Waals surface area contributed by atoms with E-state index in [0.717, 1.165) is 34.2 Å². The molecule has 0 aliphatic carbocycles. The average molecular weight is 453 g/mol. The number of aromatic nitrogens is 2. The van der Waals surface area contributed by atoms with Gasteiger partial charge in [-0.25, -0.2) is 0 Å². The van der Waals surface area contributed by atoms with Gasteiger partial charge in [-0.2, -0.15) is 5.10 Å². The number of aryl methyl sites for hydroxylation is 1. The maximum Gasteiger partial charge on any atom is 0.172 e. The number of rotatable bonds is 10. The molecule has 3 aromatic rings. The standard InChI is InChI=1S/C24H28N4O5/c1-15-7-9-16(10-8-15)19-12-18(11-17-5-3-4-6-22(17)33-2)24(28-26-19)27-25-13-20(30)23(32)21(31)14-29/h3-10,12-13,20-21,23,29-32H,11,14H2,1-2H3,(H,27,28)/b25-13+/t20-,21-,23+/m1/s1. The van der Waals surface area contributed by atoms with E-state index in [-0.39, 0.29) is 0 Å². The van der Waals surface area contributed by atoms with E-state index < -0.39 is 24.9 Å². The molecule has 3 atom stereocenters. The monoisotopic (exact) mass is 452 g/mol. The second kappa shape index (κ2) is 11.5. The summed E-state index contributed by atoms with van der Waals surface area (Å²) in [7, 11) is 1.61. The number of hydrogen-bond donors (Lipinski definition) is 5. The highest BCUT2D eigenvalue weighted by molar-refractivity contribution is 5.66. The van der Waals surface area contributed by atoms with Crippen molar-refractivity contribution in [3.63, 3.8) is 0 Å². The number of aliphatic hydroxyl groups excluding tert-OH is 4. The summed E-state index contributed by atoms with van der Waals surface area (Å²) in [5, 5.41) is 50.5. The number of anilines is 1. The molecule has 33 heavy (non-hydrogen) atoms. The van der Waals surface area contributed by atoms with Crippen LogP contribution in [0.15, 0.2) is 59.7 Å². The van der Waals surface area contributed by atoms with Crippen molar-refractivity contribution in [1.82, 2.24) is 10.2 Å². The van der Waals surface area contributed by atoms with Crippen molar-refractivity contribution in [2.45, 2.75) is 31.7 Å². The normalized spacial score (nSPS) is 14.1. The minimum atomic E-state index is -1.58. The summed E-state index contributed by atoms with van der Waals surface area (Å²) in [6.07, 6.45) is -3.06. The molecule has 9 nitrogen and oxygen atoms in total. The molecule has 0 radical (unpaired) electrons. The van der Waals surface area contributed by atoms with Crippen LogP contribution in [0.2, 0.25) is 0 Å². The number of aliphatic hydroxyl groups is 4. The first-order valence-corrected chi connectivity index (χ1v) is 10.4. The minimum absolute atomic E-state index is 0.359. The zero-order valence-corrected chi connectivity index (χ0v) is 18.5. The van der Waals surface area contributed by atoms with Crippen molar-refractivity contribution in [3.8, 4) is 17.0 Å². The van der Waals surface area contributed by atoms with E-state index >= 15 is 0 Å². The largest absolute Gasteiger partial charge is 0.496 e. The molecule has 0 unspecified atom stereocenters. The van der Waals surface area contributed by atoms with Crippen LogP contribution in [0.25, 0.3) is 11.3 Å². The van der Waals surface area contributed by atoms with Crippen molar-refractivity contribution >= 4 is 12.0 Å². The first-order valence-electron chi connectivity index (χ1n) is 10.4. The number of hydrazone groups is 1. The van der Waals surface area contributed by atoms with E-state index in [0.29, 0.717) is 17.9 Å². The molecule has 0 saturated heterocycles. The number of ether oxygens (including phenoxy) is 1. The number of benzene rings is 2. The Labute approximate surface area is 192 Å². The van der Waals surface area contributed by atoms with Crippen molar-refractivity contribution in [3.05, 3.63) is 71.3 Å². The molecule has 1 heterocycles. The number of methoxy groups -OCH3 is 1.